The molecule has 2 unspecified atom stereocenters. The van der Waals surface area contributed by atoms with Crippen molar-refractivity contribution in [3.8, 4) is 11.8 Å². The number of ether oxygens (including phenoxy) is 1. The molecular formula is C23H29F3O2. The fourth-order valence-electron chi connectivity index (χ4n) is 1.82. The second kappa shape index (κ2) is 14.2. The van der Waals surface area contributed by atoms with E-state index in [2.05, 4.69) is 56.1 Å². The maximum absolute atomic E-state index is 14.0. The van der Waals surface area contributed by atoms with Crippen molar-refractivity contribution in [3.63, 3.8) is 0 Å². The average molecular weight is 394 g/mol. The lowest BCUT2D eigenvalue weighted by Crippen LogP contribution is -2.04. The molecule has 0 fully saturated rings. The molecule has 2 atom stereocenters. The van der Waals surface area contributed by atoms with E-state index in [1.54, 1.807) is 6.92 Å². The van der Waals surface area contributed by atoms with Crippen molar-refractivity contribution >= 4 is 0 Å². The van der Waals surface area contributed by atoms with E-state index >= 15 is 0 Å². The Balaban J connectivity index is 0. The van der Waals surface area contributed by atoms with Crippen LogP contribution in [-0.4, -0.2) is 12.2 Å². The van der Waals surface area contributed by atoms with Crippen LogP contribution in [0.3, 0.4) is 0 Å². The van der Waals surface area contributed by atoms with Crippen molar-refractivity contribution in [3.05, 3.63) is 85.7 Å². The van der Waals surface area contributed by atoms with Gasteiger partial charge in [0, 0.05) is 12.0 Å². The van der Waals surface area contributed by atoms with E-state index in [4.69, 9.17) is 5.11 Å². The Morgan fingerprint density at radius 1 is 1.04 bits per heavy atom. The summed E-state index contributed by atoms with van der Waals surface area (Å²) in [7, 11) is 1.20. The largest absolute Gasteiger partial charge is 0.508 e. The SMILES string of the molecule is C=C.C=C(O)/C=C(/F)C(=C)C#CC(C)CCC(C)C(=C)/C(F)=C(/F)C(=C)OC. The molecule has 0 saturated carbocycles. The molecule has 1 N–H and O–H groups in total. The molecule has 0 aromatic rings. The number of methoxy groups -OCH3 is 1. The molecule has 0 aliphatic carbocycles. The minimum atomic E-state index is -1.17. The molecule has 0 radical (unpaired) electrons. The van der Waals surface area contributed by atoms with Gasteiger partial charge in [0.15, 0.2) is 11.7 Å². The molecule has 0 amide bonds. The first-order chi connectivity index (χ1) is 13.0. The fraction of sp³-hybridized carbons (Fsp3) is 0.304. The highest BCUT2D eigenvalue weighted by Crippen LogP contribution is 2.29. The molecule has 0 aliphatic rings. The quantitative estimate of drug-likeness (QED) is 0.194. The third-order valence-electron chi connectivity index (χ3n) is 3.64. The number of hydrogen-bond acceptors (Lipinski definition) is 2. The molecule has 2 nitrogen and oxygen atoms in total. The number of aliphatic hydroxyl groups is 1. The van der Waals surface area contributed by atoms with Crippen LogP contribution in [0.1, 0.15) is 26.7 Å². The Morgan fingerprint density at radius 3 is 2.04 bits per heavy atom. The number of hydrogen-bond donors (Lipinski definition) is 1. The Hall–Kier alpha value is -2.87. The summed E-state index contributed by atoms with van der Waals surface area (Å²) in [6, 6.07) is 0. The monoisotopic (exact) mass is 394 g/mol. The molecule has 28 heavy (non-hydrogen) atoms. The van der Waals surface area contributed by atoms with Gasteiger partial charge in [-0.2, -0.15) is 4.39 Å². The summed E-state index contributed by atoms with van der Waals surface area (Å²) in [5.74, 6) is 1.12. The van der Waals surface area contributed by atoms with Gasteiger partial charge in [-0.05, 0) is 24.3 Å². The Morgan fingerprint density at radius 2 is 1.57 bits per heavy atom. The Labute approximate surface area is 166 Å². The van der Waals surface area contributed by atoms with Crippen LogP contribution in [-0.2, 0) is 4.74 Å². The predicted octanol–water partition coefficient (Wildman–Crippen LogP) is 7.19. The first-order valence-corrected chi connectivity index (χ1v) is 8.44. The lowest BCUT2D eigenvalue weighted by molar-refractivity contribution is 0.280. The molecular weight excluding hydrogens is 365 g/mol. The van der Waals surface area contributed by atoms with Gasteiger partial charge in [0.1, 0.15) is 17.3 Å². The molecule has 0 aromatic heterocycles. The first kappa shape index (κ1) is 27.3. The highest BCUT2D eigenvalue weighted by Gasteiger charge is 2.18. The summed E-state index contributed by atoms with van der Waals surface area (Å²) in [6.07, 6.45) is 1.90. The van der Waals surface area contributed by atoms with E-state index in [-0.39, 0.29) is 23.0 Å². The molecule has 0 aliphatic heterocycles. The lowest BCUT2D eigenvalue weighted by Gasteiger charge is -2.15. The van der Waals surface area contributed by atoms with Crippen molar-refractivity contribution in [2.75, 3.05) is 7.11 Å². The van der Waals surface area contributed by atoms with E-state index in [0.29, 0.717) is 12.8 Å². The summed E-state index contributed by atoms with van der Waals surface area (Å²) in [5, 5.41) is 8.90. The molecule has 0 bridgehead atoms. The Bertz CT molecular complexity index is 718. The molecule has 0 spiro atoms. The van der Waals surface area contributed by atoms with E-state index < -0.39 is 29.0 Å². The van der Waals surface area contributed by atoms with Crippen LogP contribution >= 0.6 is 0 Å². The number of rotatable bonds is 9. The van der Waals surface area contributed by atoms with Crippen LogP contribution in [0.2, 0.25) is 0 Å². The first-order valence-electron chi connectivity index (χ1n) is 8.44. The summed E-state index contributed by atoms with van der Waals surface area (Å²) in [5.41, 5.74) is -0.0562. The zero-order valence-corrected chi connectivity index (χ0v) is 16.9. The summed E-state index contributed by atoms with van der Waals surface area (Å²) in [6.45, 7) is 23.0. The molecule has 154 valence electrons. The third kappa shape index (κ3) is 10.3. The predicted molar refractivity (Wildman–Crippen MR) is 111 cm³/mol. The zero-order valence-electron chi connectivity index (χ0n) is 16.9. The van der Waals surface area contributed by atoms with Crippen LogP contribution in [0.25, 0.3) is 0 Å². The third-order valence-corrected chi connectivity index (χ3v) is 3.64. The normalized spacial score (nSPS) is 13.4. The van der Waals surface area contributed by atoms with Crippen LogP contribution in [0.4, 0.5) is 13.2 Å². The topological polar surface area (TPSA) is 29.5 Å². The molecule has 0 rings (SSSR count). The number of halogens is 3. The van der Waals surface area contributed by atoms with Crippen molar-refractivity contribution in [2.45, 2.75) is 26.7 Å². The molecule has 0 saturated heterocycles. The molecule has 0 aromatic carbocycles. The molecule has 0 heterocycles. The van der Waals surface area contributed by atoms with Gasteiger partial charge >= 0.3 is 0 Å². The van der Waals surface area contributed by atoms with Gasteiger partial charge in [-0.3, -0.25) is 0 Å². The second-order valence-electron chi connectivity index (χ2n) is 5.89. The Kier molecular flexibility index (Phi) is 13.9. The minimum Gasteiger partial charge on any atom is -0.508 e. The van der Waals surface area contributed by atoms with Crippen molar-refractivity contribution in [2.24, 2.45) is 11.8 Å². The van der Waals surface area contributed by atoms with Crippen molar-refractivity contribution in [1.82, 2.24) is 0 Å². The zero-order chi connectivity index (χ0) is 22.4. The van der Waals surface area contributed by atoms with Crippen LogP contribution in [0.5, 0.6) is 0 Å². The highest BCUT2D eigenvalue weighted by atomic mass is 19.2. The van der Waals surface area contributed by atoms with Gasteiger partial charge in [-0.1, -0.05) is 52.0 Å². The summed E-state index contributed by atoms with van der Waals surface area (Å²) >= 11 is 0. The highest BCUT2D eigenvalue weighted by molar-refractivity contribution is 5.42. The van der Waals surface area contributed by atoms with Gasteiger partial charge in [0.05, 0.1) is 12.7 Å². The lowest BCUT2D eigenvalue weighted by atomic mass is 9.92. The second-order valence-corrected chi connectivity index (χ2v) is 5.89. The van der Waals surface area contributed by atoms with Gasteiger partial charge in [-0.25, -0.2) is 8.78 Å². The van der Waals surface area contributed by atoms with E-state index in [9.17, 15) is 13.2 Å². The van der Waals surface area contributed by atoms with Crippen molar-refractivity contribution in [1.29, 1.82) is 0 Å². The van der Waals surface area contributed by atoms with Crippen LogP contribution < -0.4 is 0 Å². The summed E-state index contributed by atoms with van der Waals surface area (Å²) in [4.78, 5) is 0. The fourth-order valence-corrected chi connectivity index (χ4v) is 1.82. The molecule has 5 heteroatoms. The van der Waals surface area contributed by atoms with E-state index in [0.717, 1.165) is 6.08 Å². The summed E-state index contributed by atoms with van der Waals surface area (Å²) < 4.78 is 45.8. The van der Waals surface area contributed by atoms with Crippen LogP contribution in [0, 0.1) is 23.7 Å². The van der Waals surface area contributed by atoms with Gasteiger partial charge in [-0.15, -0.1) is 13.2 Å². The number of aliphatic hydroxyl groups excluding tert-OH is 1. The maximum atomic E-state index is 14.0. The van der Waals surface area contributed by atoms with E-state index in [1.165, 1.54) is 7.11 Å². The van der Waals surface area contributed by atoms with Gasteiger partial charge in [0.2, 0.25) is 0 Å². The van der Waals surface area contributed by atoms with Crippen LogP contribution in [0.15, 0.2) is 85.7 Å². The van der Waals surface area contributed by atoms with Gasteiger partial charge < -0.3 is 9.84 Å². The average Bonchev–Trinajstić information content (AvgIpc) is 2.68. The van der Waals surface area contributed by atoms with E-state index in [1.807, 2.05) is 6.92 Å². The van der Waals surface area contributed by atoms with Crippen molar-refractivity contribution < 1.29 is 23.0 Å². The number of allylic oxidation sites excluding steroid dienone is 6. The smallest absolute Gasteiger partial charge is 0.200 e. The maximum Gasteiger partial charge on any atom is 0.200 e. The van der Waals surface area contributed by atoms with Gasteiger partial charge in [0.25, 0.3) is 0 Å². The standard InChI is InChI=1S/C21H25F3O2.C2H4/c1-13(9-11-15(3)19(22)12-16(4)25)8-10-14(2)17(5)20(23)21(24)18(6)26-7;1-2/h12-14,25H,3-6,8,10H2,1-2,7H3;1-2H2/b19-12+,21-20-;. The minimum absolute atomic E-state index is 0.0145.